The summed E-state index contributed by atoms with van der Waals surface area (Å²) >= 11 is 5.61. The summed E-state index contributed by atoms with van der Waals surface area (Å²) in [4.78, 5) is 22.5. The lowest BCUT2D eigenvalue weighted by Gasteiger charge is -2.35. The van der Waals surface area contributed by atoms with Crippen molar-refractivity contribution >= 4 is 17.4 Å². The second kappa shape index (κ2) is 5.04. The first kappa shape index (κ1) is 13.0. The second-order valence-electron chi connectivity index (χ2n) is 4.29. The first-order valence-corrected chi connectivity index (χ1v) is 6.18. The summed E-state index contributed by atoms with van der Waals surface area (Å²) in [6.45, 7) is 0.0586. The van der Waals surface area contributed by atoms with E-state index in [0.29, 0.717) is 12.1 Å². The number of ketones is 1. The van der Waals surface area contributed by atoms with Crippen molar-refractivity contribution in [2.45, 2.75) is 12.0 Å². The molecule has 1 aromatic carbocycles. The van der Waals surface area contributed by atoms with E-state index in [9.17, 15) is 14.9 Å². The van der Waals surface area contributed by atoms with Gasteiger partial charge in [0.1, 0.15) is 0 Å². The molecule has 0 bridgehead atoms. The Kier molecular flexibility index (Phi) is 3.63. The Labute approximate surface area is 109 Å². The molecule has 1 aliphatic heterocycles. The van der Waals surface area contributed by atoms with E-state index in [1.54, 1.807) is 12.1 Å². The highest BCUT2D eigenvalue weighted by Gasteiger charge is 2.46. The topological polar surface area (TPSA) is 72.2 Å². The van der Waals surface area contributed by atoms with Gasteiger partial charge in [-0.05, 0) is 17.5 Å². The van der Waals surface area contributed by atoms with Crippen molar-refractivity contribution in [2.24, 2.45) is 0 Å². The minimum absolute atomic E-state index is 0.241. The van der Waals surface area contributed by atoms with Crippen LogP contribution in [0.4, 0.5) is 0 Å². The molecule has 1 aromatic rings. The number of alkyl halides is 1. The number of nitrogens with zero attached hydrogens (tertiary/aromatic N) is 1. The van der Waals surface area contributed by atoms with E-state index in [1.165, 1.54) is 0 Å². The fourth-order valence-electron chi connectivity index (χ4n) is 2.45. The van der Waals surface area contributed by atoms with Crippen molar-refractivity contribution < 1.29 is 9.72 Å². The van der Waals surface area contributed by atoms with Gasteiger partial charge >= 0.3 is 0 Å². The average molecular weight is 269 g/mol. The van der Waals surface area contributed by atoms with Gasteiger partial charge in [0.25, 0.3) is 0 Å². The molecule has 1 atom stereocenters. The maximum atomic E-state index is 12.1. The van der Waals surface area contributed by atoms with Crippen LogP contribution in [0.1, 0.15) is 11.1 Å². The molecule has 1 heterocycles. The summed E-state index contributed by atoms with van der Waals surface area (Å²) in [6, 6.07) is 7.30. The monoisotopic (exact) mass is 268 g/mol. The molecular weight excluding hydrogens is 256 g/mol. The molecule has 1 aliphatic rings. The van der Waals surface area contributed by atoms with E-state index < -0.39 is 17.0 Å². The van der Waals surface area contributed by atoms with Crippen LogP contribution >= 0.6 is 11.6 Å². The lowest BCUT2D eigenvalue weighted by molar-refractivity contribution is -0.489. The van der Waals surface area contributed by atoms with Gasteiger partial charge in [-0.15, -0.1) is 11.6 Å². The lowest BCUT2D eigenvalue weighted by atomic mass is 9.79. The van der Waals surface area contributed by atoms with Crippen LogP contribution in [-0.4, -0.2) is 29.7 Å². The van der Waals surface area contributed by atoms with E-state index in [-0.39, 0.29) is 11.7 Å². The lowest BCUT2D eigenvalue weighted by Crippen LogP contribution is -2.57. The van der Waals surface area contributed by atoms with Crippen molar-refractivity contribution in [3.63, 3.8) is 0 Å². The van der Waals surface area contributed by atoms with Gasteiger partial charge in [-0.3, -0.25) is 20.2 Å². The number of carbonyl (C=O) groups excluding carboxylic acids is 1. The number of benzene rings is 1. The molecule has 96 valence electrons. The van der Waals surface area contributed by atoms with Crippen LogP contribution in [0.5, 0.6) is 0 Å². The highest BCUT2D eigenvalue weighted by Crippen LogP contribution is 2.30. The third-order valence-corrected chi connectivity index (χ3v) is 3.50. The largest absolute Gasteiger partial charge is 0.296 e. The van der Waals surface area contributed by atoms with E-state index >= 15 is 0 Å². The van der Waals surface area contributed by atoms with E-state index in [2.05, 4.69) is 5.32 Å². The number of Topliss-reactive ketones (excluding diaryl/α,β-unsaturated/α-hetero) is 1. The molecule has 1 N–H and O–H groups in total. The van der Waals surface area contributed by atoms with E-state index in [4.69, 9.17) is 11.6 Å². The predicted octanol–water partition coefficient (Wildman–Crippen LogP) is 1.11. The van der Waals surface area contributed by atoms with Crippen molar-refractivity contribution in [2.75, 3.05) is 19.0 Å². The molecule has 6 heteroatoms. The molecule has 0 spiro atoms. The Morgan fingerprint density at radius 3 is 2.89 bits per heavy atom. The van der Waals surface area contributed by atoms with Gasteiger partial charge in [-0.1, -0.05) is 24.3 Å². The molecule has 0 fully saturated rings. The predicted molar refractivity (Wildman–Crippen MR) is 67.4 cm³/mol. The molecule has 0 unspecified atom stereocenters. The molecule has 0 saturated carbocycles. The summed E-state index contributed by atoms with van der Waals surface area (Å²) in [5.74, 6) is -0.595. The Morgan fingerprint density at radius 1 is 1.50 bits per heavy atom. The number of rotatable bonds is 4. The summed E-state index contributed by atoms with van der Waals surface area (Å²) < 4.78 is 0. The number of nitro groups is 1. The van der Waals surface area contributed by atoms with Crippen LogP contribution in [0.3, 0.4) is 0 Å². The maximum Gasteiger partial charge on any atom is 0.233 e. The normalized spacial score (nSPS) is 22.3. The fourth-order valence-corrected chi connectivity index (χ4v) is 2.67. The number of halogens is 1. The SMILES string of the molecule is O=C(CCl)[C@@]1(C[N+](=O)[O-])NCCc2ccccc21. The molecule has 0 aromatic heterocycles. The first-order chi connectivity index (χ1) is 8.60. The zero-order chi connectivity index (χ0) is 13.2. The van der Waals surface area contributed by atoms with Crippen molar-refractivity contribution in [3.05, 3.63) is 45.5 Å². The highest BCUT2D eigenvalue weighted by molar-refractivity contribution is 6.29. The molecule has 18 heavy (non-hydrogen) atoms. The molecule has 0 amide bonds. The molecule has 0 saturated heterocycles. The number of hydrogen-bond acceptors (Lipinski definition) is 4. The average Bonchev–Trinajstić information content (AvgIpc) is 2.37. The van der Waals surface area contributed by atoms with Crippen molar-refractivity contribution in [1.82, 2.24) is 5.32 Å². The summed E-state index contributed by atoms with van der Waals surface area (Å²) in [6.07, 6.45) is 0.755. The van der Waals surface area contributed by atoms with E-state index in [1.807, 2.05) is 12.1 Å². The zero-order valence-electron chi connectivity index (χ0n) is 9.69. The minimum atomic E-state index is -1.28. The van der Waals surface area contributed by atoms with Crippen molar-refractivity contribution in [1.29, 1.82) is 0 Å². The van der Waals surface area contributed by atoms with Crippen LogP contribution in [0.2, 0.25) is 0 Å². The fraction of sp³-hybridized carbons (Fsp3) is 0.417. The van der Waals surface area contributed by atoms with Crippen LogP contribution in [-0.2, 0) is 16.8 Å². The summed E-state index contributed by atoms with van der Waals surface area (Å²) in [5.41, 5.74) is 0.371. The van der Waals surface area contributed by atoms with Gasteiger partial charge in [-0.25, -0.2) is 0 Å². The Balaban J connectivity index is 2.54. The minimum Gasteiger partial charge on any atom is -0.296 e. The molecule has 5 nitrogen and oxygen atoms in total. The second-order valence-corrected chi connectivity index (χ2v) is 4.55. The zero-order valence-corrected chi connectivity index (χ0v) is 10.4. The maximum absolute atomic E-state index is 12.1. The third-order valence-electron chi connectivity index (χ3n) is 3.26. The Bertz CT molecular complexity index is 492. The summed E-state index contributed by atoms with van der Waals surface area (Å²) in [7, 11) is 0. The number of hydrogen-bond donors (Lipinski definition) is 1. The quantitative estimate of drug-likeness (QED) is 0.504. The standard InChI is InChI=1S/C12H13ClN2O3/c13-7-11(16)12(8-15(17)18)10-4-2-1-3-9(10)5-6-14-12/h1-4,14H,5-8H2/t12-/m0/s1. The van der Waals surface area contributed by atoms with E-state index in [0.717, 1.165) is 12.0 Å². The number of fused-ring (bicyclic) bond motifs is 1. The van der Waals surface area contributed by atoms with Crippen LogP contribution in [0.15, 0.2) is 24.3 Å². The molecular formula is C12H13ClN2O3. The van der Waals surface area contributed by atoms with Gasteiger partial charge in [-0.2, -0.15) is 0 Å². The molecule has 0 radical (unpaired) electrons. The number of nitrogens with one attached hydrogen (secondary N) is 1. The molecule has 0 aliphatic carbocycles. The highest BCUT2D eigenvalue weighted by atomic mass is 35.5. The van der Waals surface area contributed by atoms with Crippen LogP contribution in [0.25, 0.3) is 0 Å². The van der Waals surface area contributed by atoms with Crippen LogP contribution in [0, 0.1) is 10.1 Å². The smallest absolute Gasteiger partial charge is 0.233 e. The molecule has 2 rings (SSSR count). The van der Waals surface area contributed by atoms with Gasteiger partial charge in [0.15, 0.2) is 11.3 Å². The number of carbonyl (C=O) groups is 1. The van der Waals surface area contributed by atoms with Crippen LogP contribution < -0.4 is 5.32 Å². The first-order valence-electron chi connectivity index (χ1n) is 5.64. The Morgan fingerprint density at radius 2 is 2.22 bits per heavy atom. The van der Waals surface area contributed by atoms with Gasteiger partial charge in [0.05, 0.1) is 5.88 Å². The van der Waals surface area contributed by atoms with Gasteiger partial charge in [0.2, 0.25) is 6.54 Å². The summed E-state index contributed by atoms with van der Waals surface area (Å²) in [5, 5.41) is 13.9. The third kappa shape index (κ3) is 2.11. The van der Waals surface area contributed by atoms with Gasteiger partial charge < -0.3 is 0 Å². The van der Waals surface area contributed by atoms with Gasteiger partial charge in [0, 0.05) is 11.5 Å². The van der Waals surface area contributed by atoms with Crippen molar-refractivity contribution in [3.8, 4) is 0 Å². The Hall–Kier alpha value is -1.46.